The van der Waals surface area contributed by atoms with E-state index in [-0.39, 0.29) is 16.4 Å². The maximum atomic E-state index is 11.8. The summed E-state index contributed by atoms with van der Waals surface area (Å²) in [7, 11) is 1.66. The van der Waals surface area contributed by atoms with Crippen LogP contribution in [-0.4, -0.2) is 19.1 Å². The summed E-state index contributed by atoms with van der Waals surface area (Å²) in [6.45, 7) is 0. The van der Waals surface area contributed by atoms with Gasteiger partial charge in [0.15, 0.2) is 0 Å². The Morgan fingerprint density at radius 2 is 2.25 bits per heavy atom. The largest absolute Gasteiger partial charge is 0.388 e. The molecule has 0 saturated carbocycles. The van der Waals surface area contributed by atoms with Gasteiger partial charge in [-0.25, -0.2) is 4.98 Å². The fourth-order valence-electron chi connectivity index (χ4n) is 1.42. The Morgan fingerprint density at radius 1 is 1.50 bits per heavy atom. The molecule has 0 atom stereocenters. The highest BCUT2D eigenvalue weighted by atomic mass is 32.1. The lowest BCUT2D eigenvalue weighted by molar-refractivity contribution is 0.808. The lowest BCUT2D eigenvalue weighted by Crippen LogP contribution is -2.25. The highest BCUT2D eigenvalue weighted by Crippen LogP contribution is 2.06. The second-order valence-electron chi connectivity index (χ2n) is 3.29. The lowest BCUT2D eigenvalue weighted by Gasteiger charge is -2.07. The van der Waals surface area contributed by atoms with E-state index in [0.717, 1.165) is 0 Å². The third kappa shape index (κ3) is 1.63. The van der Waals surface area contributed by atoms with Crippen molar-refractivity contribution in [3.63, 3.8) is 0 Å². The number of aryl methyl sites for hydroxylation is 1. The lowest BCUT2D eigenvalue weighted by atomic mass is 10.4. The highest BCUT2D eigenvalue weighted by Gasteiger charge is 2.10. The van der Waals surface area contributed by atoms with Crippen LogP contribution in [0.5, 0.6) is 0 Å². The van der Waals surface area contributed by atoms with Crippen LogP contribution in [0.2, 0.25) is 0 Å². The first-order valence-electron chi connectivity index (χ1n) is 4.60. The normalized spacial score (nSPS) is 10.3. The van der Waals surface area contributed by atoms with Crippen LogP contribution >= 0.6 is 12.2 Å². The average molecular weight is 234 g/mol. The minimum absolute atomic E-state index is 0.198. The first kappa shape index (κ1) is 10.6. The van der Waals surface area contributed by atoms with Crippen molar-refractivity contribution in [2.24, 2.45) is 12.8 Å². The van der Waals surface area contributed by atoms with Crippen LogP contribution < -0.4 is 11.3 Å². The Morgan fingerprint density at radius 3 is 2.94 bits per heavy atom. The molecule has 2 aromatic heterocycles. The molecule has 6 heteroatoms. The van der Waals surface area contributed by atoms with Crippen molar-refractivity contribution in [1.29, 1.82) is 0 Å². The van der Waals surface area contributed by atoms with E-state index in [1.54, 1.807) is 42.3 Å². The van der Waals surface area contributed by atoms with Crippen molar-refractivity contribution in [3.05, 3.63) is 46.8 Å². The molecule has 0 saturated heterocycles. The number of hydrogen-bond donors (Lipinski definition) is 1. The van der Waals surface area contributed by atoms with E-state index >= 15 is 0 Å². The quantitative estimate of drug-likeness (QED) is 0.754. The van der Waals surface area contributed by atoms with Gasteiger partial charge < -0.3 is 10.3 Å². The Labute approximate surface area is 97.1 Å². The summed E-state index contributed by atoms with van der Waals surface area (Å²) in [5.41, 5.74) is 5.96. The van der Waals surface area contributed by atoms with Crippen LogP contribution in [0, 0.1) is 0 Å². The molecule has 0 aliphatic heterocycles. The summed E-state index contributed by atoms with van der Waals surface area (Å²) in [4.78, 5) is 16.1. The molecule has 82 valence electrons. The van der Waals surface area contributed by atoms with E-state index in [1.165, 1.54) is 4.57 Å². The van der Waals surface area contributed by atoms with Crippen LogP contribution in [0.15, 0.2) is 35.5 Å². The van der Waals surface area contributed by atoms with Crippen molar-refractivity contribution in [3.8, 4) is 5.82 Å². The zero-order valence-electron chi connectivity index (χ0n) is 8.62. The van der Waals surface area contributed by atoms with Gasteiger partial charge in [0.05, 0.1) is 5.69 Å². The summed E-state index contributed by atoms with van der Waals surface area (Å²) in [5, 5.41) is 0. The Hall–Kier alpha value is -1.95. The van der Waals surface area contributed by atoms with Crippen molar-refractivity contribution in [2.75, 3.05) is 0 Å². The van der Waals surface area contributed by atoms with Gasteiger partial charge in [-0.1, -0.05) is 12.2 Å². The number of aromatic nitrogens is 3. The van der Waals surface area contributed by atoms with Gasteiger partial charge in [0.2, 0.25) is 5.82 Å². The average Bonchev–Trinajstić information content (AvgIpc) is 2.70. The van der Waals surface area contributed by atoms with Gasteiger partial charge in [0.25, 0.3) is 5.56 Å². The van der Waals surface area contributed by atoms with Gasteiger partial charge >= 0.3 is 0 Å². The molecule has 0 radical (unpaired) electrons. The van der Waals surface area contributed by atoms with Crippen molar-refractivity contribution in [1.82, 2.24) is 14.1 Å². The van der Waals surface area contributed by atoms with Crippen molar-refractivity contribution in [2.45, 2.75) is 0 Å². The molecule has 0 fully saturated rings. The van der Waals surface area contributed by atoms with E-state index in [0.29, 0.717) is 5.69 Å². The number of nitrogens with zero attached hydrogens (tertiary/aromatic N) is 3. The maximum Gasteiger partial charge on any atom is 0.293 e. The predicted octanol–water partition coefficient (Wildman–Crippen LogP) is 0.205. The monoisotopic (exact) mass is 234 g/mol. The summed E-state index contributed by atoms with van der Waals surface area (Å²) in [6.07, 6.45) is 4.86. The Bertz CT molecular complexity index is 599. The van der Waals surface area contributed by atoms with Crippen molar-refractivity contribution < 1.29 is 0 Å². The molecular weight excluding hydrogens is 224 g/mol. The molecule has 2 N–H and O–H groups in total. The highest BCUT2D eigenvalue weighted by molar-refractivity contribution is 7.80. The first-order chi connectivity index (χ1) is 7.61. The predicted molar refractivity (Wildman–Crippen MR) is 64.7 cm³/mol. The fraction of sp³-hybridized carbons (Fsp3) is 0.100. The number of hydrogen-bond acceptors (Lipinski definition) is 3. The minimum atomic E-state index is -0.198. The molecule has 2 rings (SSSR count). The molecule has 5 nitrogen and oxygen atoms in total. The fourth-order valence-corrected chi connectivity index (χ4v) is 1.58. The summed E-state index contributed by atoms with van der Waals surface area (Å²) < 4.78 is 3.04. The molecule has 2 heterocycles. The van der Waals surface area contributed by atoms with Gasteiger partial charge in [-0.05, 0) is 12.1 Å². The second kappa shape index (κ2) is 3.90. The SMILES string of the molecule is Cn1ccnc(-n2cccc2C(N)=S)c1=O. The Balaban J connectivity index is 2.68. The topological polar surface area (TPSA) is 65.8 Å². The van der Waals surface area contributed by atoms with E-state index in [1.807, 2.05) is 0 Å². The van der Waals surface area contributed by atoms with E-state index in [2.05, 4.69) is 4.98 Å². The van der Waals surface area contributed by atoms with Gasteiger partial charge in [0.1, 0.15) is 4.99 Å². The zero-order valence-corrected chi connectivity index (χ0v) is 9.44. The molecule has 2 aromatic rings. The molecule has 16 heavy (non-hydrogen) atoms. The van der Waals surface area contributed by atoms with Crippen molar-refractivity contribution >= 4 is 17.2 Å². The molecule has 0 aliphatic rings. The van der Waals surface area contributed by atoms with Crippen LogP contribution in [0.1, 0.15) is 5.69 Å². The van der Waals surface area contributed by atoms with Crippen LogP contribution in [0.4, 0.5) is 0 Å². The Kier molecular flexibility index (Phi) is 2.57. The smallest absolute Gasteiger partial charge is 0.293 e. The molecule has 0 aliphatic carbocycles. The molecular formula is C10H10N4OS. The molecule has 0 aromatic carbocycles. The molecule has 0 amide bonds. The van der Waals surface area contributed by atoms with Gasteiger partial charge in [-0.2, -0.15) is 0 Å². The third-order valence-electron chi connectivity index (χ3n) is 2.23. The second-order valence-corrected chi connectivity index (χ2v) is 3.73. The van der Waals surface area contributed by atoms with Crippen LogP contribution in [0.3, 0.4) is 0 Å². The van der Waals surface area contributed by atoms with Gasteiger partial charge in [0, 0.05) is 25.6 Å². The molecule has 0 bridgehead atoms. The van der Waals surface area contributed by atoms with Crippen LogP contribution in [-0.2, 0) is 7.05 Å². The van der Waals surface area contributed by atoms with E-state index < -0.39 is 0 Å². The summed E-state index contributed by atoms with van der Waals surface area (Å²) in [6, 6.07) is 3.51. The standard InChI is InChI=1S/C10H10N4OS/c1-13-6-4-12-9(10(13)15)14-5-2-3-7(14)8(11)16/h2-6H,1H3,(H2,11,16). The number of thiocarbonyl (C=S) groups is 1. The van der Waals surface area contributed by atoms with Gasteiger partial charge in [-0.3, -0.25) is 9.36 Å². The van der Waals surface area contributed by atoms with Gasteiger partial charge in [-0.15, -0.1) is 0 Å². The first-order valence-corrected chi connectivity index (χ1v) is 5.01. The molecule has 0 unspecified atom stereocenters. The molecule has 0 spiro atoms. The van der Waals surface area contributed by atoms with E-state index in [9.17, 15) is 4.79 Å². The zero-order chi connectivity index (χ0) is 11.7. The summed E-state index contributed by atoms with van der Waals surface area (Å²) >= 11 is 4.90. The van der Waals surface area contributed by atoms with E-state index in [4.69, 9.17) is 18.0 Å². The maximum absolute atomic E-state index is 11.8. The third-order valence-corrected chi connectivity index (χ3v) is 2.44. The van der Waals surface area contributed by atoms with Crippen LogP contribution in [0.25, 0.3) is 5.82 Å². The number of nitrogens with two attached hydrogens (primary N) is 1. The number of rotatable bonds is 2. The summed E-state index contributed by atoms with van der Waals surface area (Å²) in [5.74, 6) is 0.290. The minimum Gasteiger partial charge on any atom is -0.388 e.